The lowest BCUT2D eigenvalue weighted by Crippen LogP contribution is -2.21. The summed E-state index contributed by atoms with van der Waals surface area (Å²) in [5, 5.41) is 4.44. The highest BCUT2D eigenvalue weighted by molar-refractivity contribution is 6.43. The molecule has 0 aliphatic carbocycles. The Morgan fingerprint density at radius 2 is 1.94 bits per heavy atom. The number of hydrogen-bond donors (Lipinski definition) is 1. The molecule has 2 nitrogen and oxygen atoms in total. The van der Waals surface area contributed by atoms with Crippen LogP contribution in [0.5, 0.6) is 0 Å². The molecular formula is C14H15Cl2NO. The van der Waals surface area contributed by atoms with E-state index >= 15 is 0 Å². The van der Waals surface area contributed by atoms with Gasteiger partial charge in [0.2, 0.25) is 0 Å². The first-order valence-corrected chi connectivity index (χ1v) is 6.59. The molecular weight excluding hydrogens is 269 g/mol. The molecule has 1 heterocycles. The minimum atomic E-state index is 0.401. The van der Waals surface area contributed by atoms with E-state index < -0.39 is 0 Å². The zero-order chi connectivity index (χ0) is 13.1. The summed E-state index contributed by atoms with van der Waals surface area (Å²) in [7, 11) is 0. The van der Waals surface area contributed by atoms with Gasteiger partial charge in [0, 0.05) is 17.2 Å². The molecule has 18 heavy (non-hydrogen) atoms. The average molecular weight is 284 g/mol. The Kier molecular flexibility index (Phi) is 4.33. The van der Waals surface area contributed by atoms with Crippen LogP contribution in [-0.4, -0.2) is 6.04 Å². The maximum Gasteiger partial charge on any atom is 0.125 e. The molecule has 0 saturated heterocycles. The molecule has 1 N–H and O–H groups in total. The second-order valence-electron chi connectivity index (χ2n) is 4.39. The van der Waals surface area contributed by atoms with Gasteiger partial charge in [0.15, 0.2) is 0 Å². The molecule has 0 unspecified atom stereocenters. The van der Waals surface area contributed by atoms with E-state index in [2.05, 4.69) is 19.2 Å². The van der Waals surface area contributed by atoms with Gasteiger partial charge in [0.25, 0.3) is 0 Å². The third-order valence-electron chi connectivity index (χ3n) is 2.66. The smallest absolute Gasteiger partial charge is 0.125 e. The molecule has 0 atom stereocenters. The highest BCUT2D eigenvalue weighted by Crippen LogP contribution is 2.35. The first kappa shape index (κ1) is 13.5. The summed E-state index contributed by atoms with van der Waals surface area (Å²) < 4.78 is 5.50. The Hall–Kier alpha value is -0.960. The number of rotatable bonds is 4. The van der Waals surface area contributed by atoms with Crippen LogP contribution in [0, 0.1) is 0 Å². The van der Waals surface area contributed by atoms with E-state index in [9.17, 15) is 0 Å². The summed E-state index contributed by atoms with van der Waals surface area (Å²) in [6.45, 7) is 4.85. The van der Waals surface area contributed by atoms with Gasteiger partial charge >= 0.3 is 0 Å². The van der Waals surface area contributed by atoms with Crippen LogP contribution in [0.15, 0.2) is 34.9 Å². The van der Waals surface area contributed by atoms with Gasteiger partial charge < -0.3 is 9.73 Å². The fraction of sp³-hybridized carbons (Fsp3) is 0.286. The van der Waals surface area contributed by atoms with Crippen LogP contribution in [0.4, 0.5) is 0 Å². The summed E-state index contributed by atoms with van der Waals surface area (Å²) in [5.41, 5.74) is 1.88. The van der Waals surface area contributed by atoms with Crippen LogP contribution in [0.25, 0.3) is 11.1 Å². The van der Waals surface area contributed by atoms with Crippen LogP contribution >= 0.6 is 23.2 Å². The van der Waals surface area contributed by atoms with E-state index in [1.807, 2.05) is 18.2 Å². The largest absolute Gasteiger partial charge is 0.467 e. The van der Waals surface area contributed by atoms with Crippen molar-refractivity contribution in [2.24, 2.45) is 0 Å². The van der Waals surface area contributed by atoms with Crippen LogP contribution in [0.3, 0.4) is 0 Å². The molecule has 0 spiro atoms. The van der Waals surface area contributed by atoms with Crippen LogP contribution < -0.4 is 5.32 Å². The fourth-order valence-corrected chi connectivity index (χ4v) is 2.13. The Labute approximate surface area is 117 Å². The average Bonchev–Trinajstić information content (AvgIpc) is 2.78. The molecule has 0 saturated carbocycles. The van der Waals surface area contributed by atoms with Crippen molar-refractivity contribution in [1.82, 2.24) is 5.32 Å². The van der Waals surface area contributed by atoms with Crippen LogP contribution in [0.2, 0.25) is 10.0 Å². The van der Waals surface area contributed by atoms with Crippen molar-refractivity contribution in [2.75, 3.05) is 0 Å². The van der Waals surface area contributed by atoms with Crippen molar-refractivity contribution in [3.63, 3.8) is 0 Å². The molecule has 0 aliphatic rings. The zero-order valence-electron chi connectivity index (χ0n) is 10.3. The molecule has 0 fully saturated rings. The fourth-order valence-electron chi connectivity index (χ4n) is 1.73. The van der Waals surface area contributed by atoms with Crippen LogP contribution in [-0.2, 0) is 6.54 Å². The number of halogens is 2. The van der Waals surface area contributed by atoms with E-state index in [0.29, 0.717) is 22.6 Å². The van der Waals surface area contributed by atoms with Gasteiger partial charge in [-0.3, -0.25) is 0 Å². The first-order valence-electron chi connectivity index (χ1n) is 5.83. The molecule has 2 rings (SSSR count). The molecule has 96 valence electrons. The lowest BCUT2D eigenvalue weighted by molar-refractivity contribution is 0.466. The summed E-state index contributed by atoms with van der Waals surface area (Å²) in [4.78, 5) is 0. The number of hydrogen-bond acceptors (Lipinski definition) is 2. The third kappa shape index (κ3) is 2.89. The standard InChI is InChI=1S/C14H15Cl2NO/c1-9(2)17-8-13-10(6-7-18-13)11-4-3-5-12(15)14(11)16/h3-7,9,17H,8H2,1-2H3. The van der Waals surface area contributed by atoms with Gasteiger partial charge in [0.1, 0.15) is 5.76 Å². The van der Waals surface area contributed by atoms with Gasteiger partial charge in [-0.15, -0.1) is 0 Å². The maximum absolute atomic E-state index is 6.23. The summed E-state index contributed by atoms with van der Waals surface area (Å²) in [5.74, 6) is 0.868. The molecule has 0 radical (unpaired) electrons. The Morgan fingerprint density at radius 3 is 2.67 bits per heavy atom. The molecule has 1 aromatic carbocycles. The van der Waals surface area contributed by atoms with Gasteiger partial charge in [-0.25, -0.2) is 0 Å². The number of furan rings is 1. The van der Waals surface area contributed by atoms with E-state index in [-0.39, 0.29) is 0 Å². The molecule has 4 heteroatoms. The predicted octanol–water partition coefficient (Wildman–Crippen LogP) is 4.75. The van der Waals surface area contributed by atoms with Crippen molar-refractivity contribution >= 4 is 23.2 Å². The van der Waals surface area contributed by atoms with Crippen LogP contribution in [0.1, 0.15) is 19.6 Å². The second-order valence-corrected chi connectivity index (χ2v) is 5.18. The monoisotopic (exact) mass is 283 g/mol. The van der Waals surface area contributed by atoms with Gasteiger partial charge in [-0.2, -0.15) is 0 Å². The Morgan fingerprint density at radius 1 is 1.17 bits per heavy atom. The topological polar surface area (TPSA) is 25.2 Å². The predicted molar refractivity (Wildman–Crippen MR) is 76.1 cm³/mol. The maximum atomic E-state index is 6.23. The SMILES string of the molecule is CC(C)NCc1occc1-c1cccc(Cl)c1Cl. The highest BCUT2D eigenvalue weighted by atomic mass is 35.5. The third-order valence-corrected chi connectivity index (χ3v) is 3.48. The molecule has 2 aromatic rings. The van der Waals surface area contributed by atoms with Crippen molar-refractivity contribution in [3.8, 4) is 11.1 Å². The Bertz CT molecular complexity index is 534. The summed E-state index contributed by atoms with van der Waals surface area (Å²) in [6.07, 6.45) is 1.67. The molecule has 1 aromatic heterocycles. The minimum absolute atomic E-state index is 0.401. The van der Waals surface area contributed by atoms with Gasteiger partial charge in [-0.05, 0) is 12.1 Å². The summed E-state index contributed by atoms with van der Waals surface area (Å²) in [6, 6.07) is 7.92. The minimum Gasteiger partial charge on any atom is -0.467 e. The van der Waals surface area contributed by atoms with Gasteiger partial charge in [-0.1, -0.05) is 49.2 Å². The normalized spacial score (nSPS) is 11.2. The van der Waals surface area contributed by atoms with E-state index in [4.69, 9.17) is 27.6 Å². The van der Waals surface area contributed by atoms with Crippen molar-refractivity contribution in [2.45, 2.75) is 26.4 Å². The van der Waals surface area contributed by atoms with Crippen molar-refractivity contribution in [3.05, 3.63) is 46.3 Å². The number of nitrogens with one attached hydrogen (secondary N) is 1. The summed E-state index contributed by atoms with van der Waals surface area (Å²) >= 11 is 12.3. The van der Waals surface area contributed by atoms with E-state index in [1.54, 1.807) is 12.3 Å². The second kappa shape index (κ2) is 5.79. The lowest BCUT2D eigenvalue weighted by Gasteiger charge is -2.09. The molecule has 0 amide bonds. The van der Waals surface area contributed by atoms with Gasteiger partial charge in [0.05, 0.1) is 22.9 Å². The lowest BCUT2D eigenvalue weighted by atomic mass is 10.1. The first-order chi connectivity index (χ1) is 8.59. The quantitative estimate of drug-likeness (QED) is 0.876. The van der Waals surface area contributed by atoms with Crippen molar-refractivity contribution in [1.29, 1.82) is 0 Å². The Balaban J connectivity index is 2.33. The zero-order valence-corrected chi connectivity index (χ0v) is 11.8. The molecule has 0 aliphatic heterocycles. The van der Waals surface area contributed by atoms with Crippen molar-refractivity contribution < 1.29 is 4.42 Å². The highest BCUT2D eigenvalue weighted by Gasteiger charge is 2.13. The van der Waals surface area contributed by atoms with E-state index in [0.717, 1.165) is 16.9 Å². The molecule has 0 bridgehead atoms. The number of benzene rings is 1. The van der Waals surface area contributed by atoms with E-state index in [1.165, 1.54) is 0 Å².